The van der Waals surface area contributed by atoms with Crippen LogP contribution in [0.25, 0.3) is 0 Å². The standard InChI is InChI=1S/C28H59N/c1-4-7-10-18-23-28(24-19-11-8-5-2,25-20-12-9-6-3)26-21-16-14-13-15-17-22-27-29/h4-27,29H2,1-3H3. The summed E-state index contributed by atoms with van der Waals surface area (Å²) in [6.07, 6.45) is 33.1. The van der Waals surface area contributed by atoms with E-state index in [9.17, 15) is 0 Å². The summed E-state index contributed by atoms with van der Waals surface area (Å²) in [6, 6.07) is 0. The predicted molar refractivity (Wildman–Crippen MR) is 135 cm³/mol. The fourth-order valence-electron chi connectivity index (χ4n) is 5.06. The highest BCUT2D eigenvalue weighted by Crippen LogP contribution is 2.42. The van der Waals surface area contributed by atoms with Crippen molar-refractivity contribution >= 4 is 0 Å². The third-order valence-corrected chi connectivity index (χ3v) is 7.09. The van der Waals surface area contributed by atoms with Crippen LogP contribution in [0.3, 0.4) is 0 Å². The molecule has 0 aliphatic rings. The Labute approximate surface area is 186 Å². The first-order valence-electron chi connectivity index (χ1n) is 13.9. The topological polar surface area (TPSA) is 26.0 Å². The number of hydrogen-bond acceptors (Lipinski definition) is 1. The van der Waals surface area contributed by atoms with E-state index < -0.39 is 0 Å². The summed E-state index contributed by atoms with van der Waals surface area (Å²) in [5.74, 6) is 0. The summed E-state index contributed by atoms with van der Waals surface area (Å²) in [5, 5.41) is 0. The third kappa shape index (κ3) is 18.4. The van der Waals surface area contributed by atoms with Crippen molar-refractivity contribution in [2.45, 2.75) is 168 Å². The molecule has 0 aliphatic heterocycles. The number of nitrogens with two attached hydrogens (primary N) is 1. The van der Waals surface area contributed by atoms with E-state index in [1.807, 2.05) is 0 Å². The maximum absolute atomic E-state index is 5.62. The van der Waals surface area contributed by atoms with Gasteiger partial charge in [0.2, 0.25) is 0 Å². The zero-order chi connectivity index (χ0) is 21.5. The van der Waals surface area contributed by atoms with Crippen LogP contribution in [0.1, 0.15) is 168 Å². The molecule has 0 aliphatic carbocycles. The van der Waals surface area contributed by atoms with Crippen LogP contribution in [0, 0.1) is 5.41 Å². The predicted octanol–water partition coefficient (Wildman–Crippen LogP) is 9.96. The van der Waals surface area contributed by atoms with Crippen molar-refractivity contribution in [1.29, 1.82) is 0 Å². The van der Waals surface area contributed by atoms with Gasteiger partial charge < -0.3 is 5.73 Å². The second-order valence-corrected chi connectivity index (χ2v) is 9.95. The van der Waals surface area contributed by atoms with Crippen LogP contribution >= 0.6 is 0 Å². The van der Waals surface area contributed by atoms with E-state index in [2.05, 4.69) is 20.8 Å². The summed E-state index contributed by atoms with van der Waals surface area (Å²) in [5.41, 5.74) is 6.29. The van der Waals surface area contributed by atoms with Gasteiger partial charge in [0, 0.05) is 0 Å². The van der Waals surface area contributed by atoms with E-state index in [4.69, 9.17) is 5.73 Å². The molecule has 0 radical (unpaired) electrons. The maximum atomic E-state index is 5.62. The normalized spacial score (nSPS) is 12.0. The lowest BCUT2D eigenvalue weighted by molar-refractivity contribution is 0.172. The fourth-order valence-corrected chi connectivity index (χ4v) is 5.06. The number of hydrogen-bond donors (Lipinski definition) is 1. The molecule has 0 rings (SSSR count). The Morgan fingerprint density at radius 2 is 0.655 bits per heavy atom. The molecule has 0 bridgehead atoms. The summed E-state index contributed by atoms with van der Waals surface area (Å²) in [4.78, 5) is 0. The van der Waals surface area contributed by atoms with Crippen molar-refractivity contribution in [2.24, 2.45) is 11.1 Å². The molecule has 0 heterocycles. The van der Waals surface area contributed by atoms with Gasteiger partial charge in [0.1, 0.15) is 0 Å². The van der Waals surface area contributed by atoms with Gasteiger partial charge in [-0.05, 0) is 44.1 Å². The van der Waals surface area contributed by atoms with E-state index in [1.54, 1.807) is 0 Å². The summed E-state index contributed by atoms with van der Waals surface area (Å²) in [6.45, 7) is 7.90. The summed E-state index contributed by atoms with van der Waals surface area (Å²) >= 11 is 0. The molecule has 0 aromatic heterocycles. The molecule has 1 heteroatoms. The molecule has 0 aromatic rings. The van der Waals surface area contributed by atoms with E-state index in [0.29, 0.717) is 5.41 Å². The average Bonchev–Trinajstić information content (AvgIpc) is 2.73. The Morgan fingerprint density at radius 1 is 0.379 bits per heavy atom. The summed E-state index contributed by atoms with van der Waals surface area (Å²) in [7, 11) is 0. The second-order valence-electron chi connectivity index (χ2n) is 9.95. The molecule has 0 atom stereocenters. The van der Waals surface area contributed by atoms with Gasteiger partial charge in [-0.15, -0.1) is 0 Å². The Kier molecular flexibility index (Phi) is 22.6. The molecule has 0 amide bonds. The van der Waals surface area contributed by atoms with Gasteiger partial charge in [0.05, 0.1) is 0 Å². The van der Waals surface area contributed by atoms with Crippen molar-refractivity contribution in [1.82, 2.24) is 0 Å². The van der Waals surface area contributed by atoms with Gasteiger partial charge in [-0.25, -0.2) is 0 Å². The van der Waals surface area contributed by atoms with E-state index in [0.717, 1.165) is 6.54 Å². The van der Waals surface area contributed by atoms with Gasteiger partial charge in [-0.1, -0.05) is 136 Å². The molecule has 1 nitrogen and oxygen atoms in total. The molecule has 2 N–H and O–H groups in total. The largest absolute Gasteiger partial charge is 0.330 e. The van der Waals surface area contributed by atoms with Crippen molar-refractivity contribution < 1.29 is 0 Å². The van der Waals surface area contributed by atoms with Gasteiger partial charge in [0.25, 0.3) is 0 Å². The zero-order valence-electron chi connectivity index (χ0n) is 21.0. The Bertz CT molecular complexity index is 267. The van der Waals surface area contributed by atoms with E-state index in [-0.39, 0.29) is 0 Å². The minimum absolute atomic E-state index is 0.675. The van der Waals surface area contributed by atoms with Crippen LogP contribution < -0.4 is 5.73 Å². The maximum Gasteiger partial charge on any atom is -0.00773 e. The van der Waals surface area contributed by atoms with Crippen molar-refractivity contribution in [3.8, 4) is 0 Å². The highest BCUT2D eigenvalue weighted by Gasteiger charge is 2.28. The fraction of sp³-hybridized carbons (Fsp3) is 1.00. The number of rotatable bonds is 24. The molecule has 176 valence electrons. The van der Waals surface area contributed by atoms with Gasteiger partial charge in [0.15, 0.2) is 0 Å². The quantitative estimate of drug-likeness (QED) is 0.158. The molecule has 0 unspecified atom stereocenters. The van der Waals surface area contributed by atoms with Crippen LogP contribution in [0.2, 0.25) is 0 Å². The van der Waals surface area contributed by atoms with Crippen LogP contribution in [-0.2, 0) is 0 Å². The van der Waals surface area contributed by atoms with E-state index >= 15 is 0 Å². The molecule has 29 heavy (non-hydrogen) atoms. The lowest BCUT2D eigenvalue weighted by atomic mass is 9.70. The first kappa shape index (κ1) is 29.0. The highest BCUT2D eigenvalue weighted by atomic mass is 14.5. The molecule has 0 saturated carbocycles. The monoisotopic (exact) mass is 409 g/mol. The first-order valence-corrected chi connectivity index (χ1v) is 13.9. The molecular weight excluding hydrogens is 350 g/mol. The smallest absolute Gasteiger partial charge is 0.00773 e. The molecule has 0 aromatic carbocycles. The second kappa shape index (κ2) is 22.6. The lowest BCUT2D eigenvalue weighted by Crippen LogP contribution is -2.21. The van der Waals surface area contributed by atoms with Crippen LogP contribution in [0.4, 0.5) is 0 Å². The SMILES string of the molecule is CCCCCCC(CCCCCC)(CCCCCC)CCCCCCCCCN. The third-order valence-electron chi connectivity index (χ3n) is 7.09. The van der Waals surface area contributed by atoms with E-state index in [1.165, 1.54) is 148 Å². The minimum atomic E-state index is 0.675. The molecule has 0 saturated heterocycles. The number of unbranched alkanes of at least 4 members (excludes halogenated alkanes) is 15. The highest BCUT2D eigenvalue weighted by molar-refractivity contribution is 4.80. The van der Waals surface area contributed by atoms with Crippen molar-refractivity contribution in [2.75, 3.05) is 6.54 Å². The zero-order valence-corrected chi connectivity index (χ0v) is 21.0. The van der Waals surface area contributed by atoms with Gasteiger partial charge in [-0.2, -0.15) is 0 Å². The van der Waals surface area contributed by atoms with Crippen LogP contribution in [0.5, 0.6) is 0 Å². The Balaban J connectivity index is 4.54. The van der Waals surface area contributed by atoms with Crippen LogP contribution in [-0.4, -0.2) is 6.54 Å². The lowest BCUT2D eigenvalue weighted by Gasteiger charge is -2.35. The molecule has 0 spiro atoms. The van der Waals surface area contributed by atoms with Crippen molar-refractivity contribution in [3.05, 3.63) is 0 Å². The Hall–Kier alpha value is -0.0400. The average molecular weight is 410 g/mol. The van der Waals surface area contributed by atoms with Crippen molar-refractivity contribution in [3.63, 3.8) is 0 Å². The van der Waals surface area contributed by atoms with Gasteiger partial charge in [-0.3, -0.25) is 0 Å². The first-order chi connectivity index (χ1) is 14.2. The van der Waals surface area contributed by atoms with Crippen LogP contribution in [0.15, 0.2) is 0 Å². The minimum Gasteiger partial charge on any atom is -0.330 e. The molecular formula is C28H59N. The summed E-state index contributed by atoms with van der Waals surface area (Å²) < 4.78 is 0. The molecule has 0 fully saturated rings. The van der Waals surface area contributed by atoms with Gasteiger partial charge >= 0.3 is 0 Å². The Morgan fingerprint density at radius 3 is 0.966 bits per heavy atom.